The van der Waals surface area contributed by atoms with E-state index in [0.29, 0.717) is 18.5 Å². The molecule has 0 radical (unpaired) electrons. The number of hydrogen-bond acceptors (Lipinski definition) is 2. The molecule has 0 spiro atoms. The molecule has 0 saturated carbocycles. The second-order valence-electron chi connectivity index (χ2n) is 5.86. The molecule has 1 aliphatic heterocycles. The number of carbonyl (C=O) groups excluding carboxylic acids is 2. The number of ketones is 1. The van der Waals surface area contributed by atoms with Crippen LogP contribution in [0.25, 0.3) is 0 Å². The fourth-order valence-corrected chi connectivity index (χ4v) is 2.60. The maximum absolute atomic E-state index is 12.7. The zero-order valence-electron chi connectivity index (χ0n) is 12.1. The van der Waals surface area contributed by atoms with Crippen molar-refractivity contribution in [3.63, 3.8) is 0 Å². The van der Waals surface area contributed by atoms with Gasteiger partial charge in [0.05, 0.1) is 5.54 Å². The smallest absolute Gasteiger partial charge is 0.254 e. The van der Waals surface area contributed by atoms with E-state index < -0.39 is 5.54 Å². The second kappa shape index (κ2) is 4.80. The van der Waals surface area contributed by atoms with Crippen LogP contribution in [-0.2, 0) is 4.79 Å². The first-order valence-corrected chi connectivity index (χ1v) is 6.76. The third kappa shape index (κ3) is 2.42. The SMILES string of the molecule is Cc1ccc(C)c(C(=O)N2CCCC(=O)C2(C)C)c1. The summed E-state index contributed by atoms with van der Waals surface area (Å²) in [5.41, 5.74) is 2.05. The van der Waals surface area contributed by atoms with Gasteiger partial charge in [0.25, 0.3) is 5.91 Å². The number of benzene rings is 1. The quantitative estimate of drug-likeness (QED) is 0.777. The summed E-state index contributed by atoms with van der Waals surface area (Å²) in [7, 11) is 0. The average Bonchev–Trinajstić information content (AvgIpc) is 2.35. The van der Waals surface area contributed by atoms with Gasteiger partial charge >= 0.3 is 0 Å². The van der Waals surface area contributed by atoms with Crippen molar-refractivity contribution in [2.24, 2.45) is 0 Å². The van der Waals surface area contributed by atoms with Gasteiger partial charge in [0.2, 0.25) is 0 Å². The Balaban J connectivity index is 2.38. The molecule has 0 bridgehead atoms. The number of piperidine rings is 1. The third-order valence-electron chi connectivity index (χ3n) is 4.01. The Kier molecular flexibility index (Phi) is 3.48. The number of hydrogen-bond donors (Lipinski definition) is 0. The summed E-state index contributed by atoms with van der Waals surface area (Å²) in [6, 6.07) is 5.87. The predicted octanol–water partition coefficient (Wildman–Crippen LogP) is 2.89. The summed E-state index contributed by atoms with van der Waals surface area (Å²) >= 11 is 0. The number of Topliss-reactive ketones (excluding diaryl/α,β-unsaturated/α-hetero) is 1. The molecule has 1 aromatic rings. The van der Waals surface area contributed by atoms with Crippen molar-refractivity contribution in [3.05, 3.63) is 34.9 Å². The largest absolute Gasteiger partial charge is 0.326 e. The van der Waals surface area contributed by atoms with Gasteiger partial charge in [-0.25, -0.2) is 0 Å². The Morgan fingerprint density at radius 2 is 1.95 bits per heavy atom. The maximum atomic E-state index is 12.7. The molecule has 1 amide bonds. The van der Waals surface area contributed by atoms with Gasteiger partial charge in [0.15, 0.2) is 5.78 Å². The second-order valence-corrected chi connectivity index (χ2v) is 5.86. The highest BCUT2D eigenvalue weighted by atomic mass is 16.2. The van der Waals surface area contributed by atoms with Crippen LogP contribution in [0.3, 0.4) is 0 Å². The normalized spacial score (nSPS) is 18.5. The van der Waals surface area contributed by atoms with E-state index in [1.807, 2.05) is 45.9 Å². The minimum Gasteiger partial charge on any atom is -0.326 e. The molecule has 102 valence electrons. The number of aryl methyl sites for hydroxylation is 2. The zero-order valence-corrected chi connectivity index (χ0v) is 12.1. The summed E-state index contributed by atoms with van der Waals surface area (Å²) in [4.78, 5) is 26.5. The molecule has 0 aliphatic carbocycles. The van der Waals surface area contributed by atoms with Gasteiger partial charge in [0.1, 0.15) is 0 Å². The highest BCUT2D eigenvalue weighted by molar-refractivity contribution is 6.01. The van der Waals surface area contributed by atoms with Crippen molar-refractivity contribution in [1.29, 1.82) is 0 Å². The van der Waals surface area contributed by atoms with Crippen LogP contribution in [0.4, 0.5) is 0 Å². The minimum atomic E-state index is -0.689. The number of amides is 1. The molecule has 19 heavy (non-hydrogen) atoms. The molecule has 0 aromatic heterocycles. The lowest BCUT2D eigenvalue weighted by Crippen LogP contribution is -2.56. The summed E-state index contributed by atoms with van der Waals surface area (Å²) < 4.78 is 0. The average molecular weight is 259 g/mol. The third-order valence-corrected chi connectivity index (χ3v) is 4.01. The number of nitrogens with zero attached hydrogens (tertiary/aromatic N) is 1. The Hall–Kier alpha value is -1.64. The van der Waals surface area contributed by atoms with E-state index in [2.05, 4.69) is 0 Å². The van der Waals surface area contributed by atoms with E-state index in [-0.39, 0.29) is 11.7 Å². The minimum absolute atomic E-state index is 0.0285. The van der Waals surface area contributed by atoms with Crippen LogP contribution in [0.5, 0.6) is 0 Å². The van der Waals surface area contributed by atoms with Crippen LogP contribution in [0.2, 0.25) is 0 Å². The number of likely N-dealkylation sites (tertiary alicyclic amines) is 1. The molecule has 2 rings (SSSR count). The molecule has 1 fully saturated rings. The summed E-state index contributed by atoms with van der Waals surface area (Å²) in [6.07, 6.45) is 1.34. The van der Waals surface area contributed by atoms with Gasteiger partial charge in [-0.2, -0.15) is 0 Å². The predicted molar refractivity (Wildman–Crippen MR) is 75.3 cm³/mol. The molecule has 0 atom stereocenters. The lowest BCUT2D eigenvalue weighted by atomic mass is 9.88. The number of rotatable bonds is 1. The molecule has 1 saturated heterocycles. The molecule has 1 heterocycles. The van der Waals surface area contributed by atoms with Gasteiger partial charge in [-0.15, -0.1) is 0 Å². The van der Waals surface area contributed by atoms with Crippen molar-refractivity contribution in [2.45, 2.75) is 46.1 Å². The van der Waals surface area contributed by atoms with E-state index in [4.69, 9.17) is 0 Å². The molecule has 1 aliphatic rings. The molecule has 1 aromatic carbocycles. The first-order valence-electron chi connectivity index (χ1n) is 6.76. The van der Waals surface area contributed by atoms with Crippen LogP contribution in [0, 0.1) is 13.8 Å². The van der Waals surface area contributed by atoms with E-state index >= 15 is 0 Å². The van der Waals surface area contributed by atoms with Crippen LogP contribution < -0.4 is 0 Å². The van der Waals surface area contributed by atoms with Crippen molar-refractivity contribution >= 4 is 11.7 Å². The maximum Gasteiger partial charge on any atom is 0.254 e. The van der Waals surface area contributed by atoms with Crippen LogP contribution >= 0.6 is 0 Å². The summed E-state index contributed by atoms with van der Waals surface area (Å²) in [5.74, 6) is 0.122. The molecule has 0 unspecified atom stereocenters. The van der Waals surface area contributed by atoms with Crippen molar-refractivity contribution in [1.82, 2.24) is 4.90 Å². The van der Waals surface area contributed by atoms with Gasteiger partial charge in [-0.1, -0.05) is 17.7 Å². The van der Waals surface area contributed by atoms with Gasteiger partial charge in [-0.05, 0) is 45.7 Å². The van der Waals surface area contributed by atoms with Gasteiger partial charge in [-0.3, -0.25) is 9.59 Å². The first kappa shape index (κ1) is 13.8. The molecule has 3 nitrogen and oxygen atoms in total. The Bertz CT molecular complexity index is 532. The molecular weight excluding hydrogens is 238 g/mol. The molecule has 0 N–H and O–H groups in total. The van der Waals surface area contributed by atoms with Gasteiger partial charge < -0.3 is 4.90 Å². The first-order chi connectivity index (χ1) is 8.84. The van der Waals surface area contributed by atoms with Crippen molar-refractivity contribution < 1.29 is 9.59 Å². The summed E-state index contributed by atoms with van der Waals surface area (Å²) in [6.45, 7) is 8.26. The van der Waals surface area contributed by atoms with E-state index in [1.165, 1.54) is 0 Å². The Labute approximate surface area is 114 Å². The van der Waals surface area contributed by atoms with Crippen LogP contribution in [0.15, 0.2) is 18.2 Å². The topological polar surface area (TPSA) is 37.4 Å². The zero-order chi connectivity index (χ0) is 14.2. The van der Waals surface area contributed by atoms with Crippen LogP contribution in [-0.4, -0.2) is 28.7 Å². The highest BCUT2D eigenvalue weighted by Gasteiger charge is 2.40. The lowest BCUT2D eigenvalue weighted by molar-refractivity contribution is -0.130. The molecular formula is C16H21NO2. The van der Waals surface area contributed by atoms with E-state index in [0.717, 1.165) is 17.5 Å². The molecule has 3 heteroatoms. The Morgan fingerprint density at radius 1 is 1.26 bits per heavy atom. The van der Waals surface area contributed by atoms with E-state index in [9.17, 15) is 9.59 Å². The standard InChI is InChI=1S/C16H21NO2/c1-11-7-8-12(2)13(10-11)15(19)17-9-5-6-14(18)16(17,3)4/h7-8,10H,5-6,9H2,1-4H3. The summed E-state index contributed by atoms with van der Waals surface area (Å²) in [5, 5.41) is 0. The fraction of sp³-hybridized carbons (Fsp3) is 0.500. The Morgan fingerprint density at radius 3 is 2.63 bits per heavy atom. The monoisotopic (exact) mass is 259 g/mol. The van der Waals surface area contributed by atoms with Crippen LogP contribution in [0.1, 0.15) is 48.2 Å². The van der Waals surface area contributed by atoms with Crippen molar-refractivity contribution in [3.8, 4) is 0 Å². The fourth-order valence-electron chi connectivity index (χ4n) is 2.60. The van der Waals surface area contributed by atoms with Crippen molar-refractivity contribution in [2.75, 3.05) is 6.54 Å². The number of carbonyl (C=O) groups is 2. The highest BCUT2D eigenvalue weighted by Crippen LogP contribution is 2.27. The lowest BCUT2D eigenvalue weighted by Gasteiger charge is -2.41. The van der Waals surface area contributed by atoms with Gasteiger partial charge in [0, 0.05) is 18.5 Å². The van der Waals surface area contributed by atoms with E-state index in [1.54, 1.807) is 4.90 Å².